The number of aromatic nitrogens is 3. The van der Waals surface area contributed by atoms with E-state index < -0.39 is 10.0 Å². The highest BCUT2D eigenvalue weighted by Crippen LogP contribution is 2.34. The molecular weight excluding hydrogens is 574 g/mol. The summed E-state index contributed by atoms with van der Waals surface area (Å²) < 4.78 is 65.3. The van der Waals surface area contributed by atoms with Gasteiger partial charge in [0.2, 0.25) is 0 Å². The van der Waals surface area contributed by atoms with Crippen LogP contribution in [0.2, 0.25) is 0 Å². The maximum atomic E-state index is 13.6. The molecule has 3 aromatic carbocycles. The molecule has 0 amide bonds. The van der Waals surface area contributed by atoms with Gasteiger partial charge >= 0.3 is 0 Å². The Hall–Kier alpha value is -4.09. The van der Waals surface area contributed by atoms with Gasteiger partial charge in [0.05, 0.1) is 16.8 Å². The van der Waals surface area contributed by atoms with Gasteiger partial charge in [-0.3, -0.25) is 0 Å². The number of likely N-dealkylation sites (tertiary alicyclic amines) is 1. The molecule has 1 fully saturated rings. The first-order chi connectivity index (χ1) is 20.9. The number of nitrogens with zero attached hydrogens (tertiary/aromatic N) is 4. The highest BCUT2D eigenvalue weighted by Gasteiger charge is 2.23. The molecule has 0 aliphatic carbocycles. The van der Waals surface area contributed by atoms with E-state index >= 15 is 0 Å². The van der Waals surface area contributed by atoms with Crippen LogP contribution in [-0.2, 0) is 16.4 Å². The van der Waals surface area contributed by atoms with Gasteiger partial charge in [0.1, 0.15) is 24.8 Å². The zero-order valence-corrected chi connectivity index (χ0v) is 24.4. The van der Waals surface area contributed by atoms with E-state index in [0.717, 1.165) is 66.1 Å². The number of fused-ring (bicyclic) bond motifs is 1. The lowest BCUT2D eigenvalue weighted by molar-refractivity contribution is 0.171. The zero-order chi connectivity index (χ0) is 29.8. The second kappa shape index (κ2) is 12.6. The SMILES string of the molecule is O=S(=O)(c1ccc2c(c1)OCCO2)n1cc(CCCCN2CCC(=C(c3ccc(F)cc3)c3ccc(F)cc3)CC2)nn1. The van der Waals surface area contributed by atoms with E-state index in [9.17, 15) is 17.2 Å². The highest BCUT2D eigenvalue weighted by atomic mass is 32.2. The quantitative estimate of drug-likeness (QED) is 0.233. The summed E-state index contributed by atoms with van der Waals surface area (Å²) in [4.78, 5) is 2.48. The third kappa shape index (κ3) is 6.62. The molecule has 2 aliphatic heterocycles. The van der Waals surface area contributed by atoms with Crippen LogP contribution < -0.4 is 9.47 Å². The predicted octanol–water partition coefficient (Wildman–Crippen LogP) is 5.49. The summed E-state index contributed by atoms with van der Waals surface area (Å²) in [7, 11) is -3.90. The fourth-order valence-electron chi connectivity index (χ4n) is 5.55. The Morgan fingerprint density at radius 3 is 2.09 bits per heavy atom. The van der Waals surface area contributed by atoms with Gasteiger partial charge in [0.25, 0.3) is 10.0 Å². The molecular formula is C32H32F2N4O4S. The van der Waals surface area contributed by atoms with Gasteiger partial charge < -0.3 is 14.4 Å². The van der Waals surface area contributed by atoms with Crippen LogP contribution in [0.1, 0.15) is 42.5 Å². The van der Waals surface area contributed by atoms with Gasteiger partial charge in [-0.2, -0.15) is 8.42 Å². The lowest BCUT2D eigenvalue weighted by atomic mass is 9.88. The first kappa shape index (κ1) is 29.0. The van der Waals surface area contributed by atoms with Crippen molar-refractivity contribution in [2.75, 3.05) is 32.8 Å². The van der Waals surface area contributed by atoms with Crippen LogP contribution in [-0.4, -0.2) is 60.6 Å². The summed E-state index contributed by atoms with van der Waals surface area (Å²) in [5.74, 6) is 0.347. The summed E-state index contributed by atoms with van der Waals surface area (Å²) in [6.45, 7) is 3.50. The molecule has 0 atom stereocenters. The minimum atomic E-state index is -3.90. The summed E-state index contributed by atoms with van der Waals surface area (Å²) in [5, 5.41) is 7.97. The highest BCUT2D eigenvalue weighted by molar-refractivity contribution is 7.89. The molecule has 0 bridgehead atoms. The standard InChI is InChI=1S/C32H32F2N4O4S/c33-26-8-4-23(5-9-26)32(24-6-10-27(34)11-7-24)25-14-17-37(18-15-25)16-2-1-3-28-22-38(36-35-28)43(39,40)29-12-13-30-31(21-29)42-20-19-41-30/h4-13,21-22H,1-3,14-20H2. The molecule has 43 heavy (non-hydrogen) atoms. The average molecular weight is 607 g/mol. The van der Waals surface area contributed by atoms with E-state index in [1.165, 1.54) is 48.2 Å². The Bertz CT molecular complexity index is 1660. The molecule has 1 aromatic heterocycles. The van der Waals surface area contributed by atoms with Gasteiger partial charge in [-0.1, -0.05) is 35.1 Å². The normalized spacial score (nSPS) is 15.4. The Morgan fingerprint density at radius 1 is 0.814 bits per heavy atom. The number of benzene rings is 3. The maximum Gasteiger partial charge on any atom is 0.284 e. The minimum Gasteiger partial charge on any atom is -0.486 e. The van der Waals surface area contributed by atoms with Crippen molar-refractivity contribution in [3.8, 4) is 11.5 Å². The van der Waals surface area contributed by atoms with Crippen molar-refractivity contribution in [1.82, 2.24) is 19.3 Å². The van der Waals surface area contributed by atoms with E-state index in [-0.39, 0.29) is 16.5 Å². The summed E-state index contributed by atoms with van der Waals surface area (Å²) in [5.41, 5.74) is 4.81. The molecule has 0 saturated carbocycles. The Kier molecular flexibility index (Phi) is 8.53. The summed E-state index contributed by atoms with van der Waals surface area (Å²) in [6.07, 6.45) is 5.61. The van der Waals surface area contributed by atoms with E-state index in [4.69, 9.17) is 9.47 Å². The molecule has 0 radical (unpaired) electrons. The summed E-state index contributed by atoms with van der Waals surface area (Å²) in [6, 6.07) is 17.5. The van der Waals surface area contributed by atoms with E-state index in [1.807, 2.05) is 0 Å². The number of piperidine rings is 1. The van der Waals surface area contributed by atoms with Crippen LogP contribution in [0.15, 0.2) is 83.4 Å². The van der Waals surface area contributed by atoms with Crippen LogP contribution in [0.5, 0.6) is 11.5 Å². The minimum absolute atomic E-state index is 0.0636. The van der Waals surface area contributed by atoms with Crippen molar-refractivity contribution in [3.05, 3.63) is 107 Å². The third-order valence-corrected chi connectivity index (χ3v) is 9.34. The number of halogens is 2. The third-order valence-electron chi connectivity index (χ3n) is 7.81. The molecule has 1 saturated heterocycles. The lowest BCUT2D eigenvalue weighted by Crippen LogP contribution is -2.32. The molecule has 3 heterocycles. The second-order valence-electron chi connectivity index (χ2n) is 10.7. The number of aryl methyl sites for hydroxylation is 1. The number of rotatable bonds is 9. The molecule has 2 aliphatic rings. The largest absolute Gasteiger partial charge is 0.486 e. The molecule has 0 spiro atoms. The van der Waals surface area contributed by atoms with Crippen LogP contribution in [0.4, 0.5) is 8.78 Å². The van der Waals surface area contributed by atoms with E-state index in [2.05, 4.69) is 15.2 Å². The van der Waals surface area contributed by atoms with Crippen molar-refractivity contribution >= 4 is 15.6 Å². The maximum absolute atomic E-state index is 13.6. The number of ether oxygens (including phenoxy) is 2. The molecule has 0 N–H and O–H groups in total. The Balaban J connectivity index is 1.03. The number of hydrogen-bond donors (Lipinski definition) is 0. The second-order valence-corrected chi connectivity index (χ2v) is 12.5. The van der Waals surface area contributed by atoms with Crippen molar-refractivity contribution in [2.45, 2.75) is 37.0 Å². The van der Waals surface area contributed by atoms with Crippen LogP contribution in [0.25, 0.3) is 5.57 Å². The van der Waals surface area contributed by atoms with Gasteiger partial charge in [0, 0.05) is 19.2 Å². The van der Waals surface area contributed by atoms with E-state index in [0.29, 0.717) is 36.8 Å². The monoisotopic (exact) mass is 606 g/mol. The van der Waals surface area contributed by atoms with Crippen molar-refractivity contribution in [2.24, 2.45) is 0 Å². The molecule has 4 aromatic rings. The first-order valence-corrected chi connectivity index (χ1v) is 15.8. The number of hydrogen-bond acceptors (Lipinski definition) is 7. The average Bonchev–Trinajstić information content (AvgIpc) is 3.52. The topological polar surface area (TPSA) is 86.6 Å². The summed E-state index contributed by atoms with van der Waals surface area (Å²) >= 11 is 0. The van der Waals surface area contributed by atoms with Gasteiger partial charge in [-0.25, -0.2) is 8.78 Å². The molecule has 0 unspecified atom stereocenters. The molecule has 8 nitrogen and oxygen atoms in total. The fraction of sp³-hybridized carbons (Fsp3) is 0.312. The lowest BCUT2D eigenvalue weighted by Gasteiger charge is -2.30. The molecule has 224 valence electrons. The zero-order valence-electron chi connectivity index (χ0n) is 23.6. The van der Waals surface area contributed by atoms with Crippen molar-refractivity contribution in [3.63, 3.8) is 0 Å². The van der Waals surface area contributed by atoms with Crippen LogP contribution in [0, 0.1) is 11.6 Å². The smallest absolute Gasteiger partial charge is 0.284 e. The van der Waals surface area contributed by atoms with Crippen LogP contribution >= 0.6 is 0 Å². The van der Waals surface area contributed by atoms with Crippen molar-refractivity contribution in [1.29, 1.82) is 0 Å². The van der Waals surface area contributed by atoms with Crippen LogP contribution in [0.3, 0.4) is 0 Å². The number of unbranched alkanes of at least 4 members (excludes halogenated alkanes) is 1. The van der Waals surface area contributed by atoms with Gasteiger partial charge in [-0.05, 0) is 91.7 Å². The van der Waals surface area contributed by atoms with Gasteiger partial charge in [0.15, 0.2) is 11.5 Å². The Labute approximate surface area is 249 Å². The van der Waals surface area contributed by atoms with E-state index in [1.54, 1.807) is 30.3 Å². The molecule has 6 rings (SSSR count). The Morgan fingerprint density at radius 2 is 1.44 bits per heavy atom. The first-order valence-electron chi connectivity index (χ1n) is 14.4. The predicted molar refractivity (Wildman–Crippen MR) is 157 cm³/mol. The fourth-order valence-corrected chi connectivity index (χ4v) is 6.66. The van der Waals surface area contributed by atoms with Gasteiger partial charge in [-0.15, -0.1) is 9.19 Å². The van der Waals surface area contributed by atoms with Crippen molar-refractivity contribution < 1.29 is 26.7 Å². The molecule has 11 heteroatoms.